The van der Waals surface area contributed by atoms with E-state index in [0.717, 1.165) is 4.31 Å². The fourth-order valence-corrected chi connectivity index (χ4v) is 1.82. The predicted molar refractivity (Wildman–Crippen MR) is 52.1 cm³/mol. The van der Waals surface area contributed by atoms with Gasteiger partial charge in [-0.1, -0.05) is 6.92 Å². The number of hydrogen-bond donors (Lipinski definition) is 2. The lowest BCUT2D eigenvalue weighted by molar-refractivity contribution is -0.137. The minimum atomic E-state index is -3.42. The van der Waals surface area contributed by atoms with E-state index >= 15 is 0 Å². The Balaban J connectivity index is 3.95. The Morgan fingerprint density at radius 2 is 2.07 bits per heavy atom. The fraction of sp³-hybridized carbons (Fsp3) is 0.857. The number of aliphatic carboxylic acids is 1. The highest BCUT2D eigenvalue weighted by atomic mass is 32.2. The molecule has 0 unspecified atom stereocenters. The second kappa shape index (κ2) is 5.94. The molecule has 14 heavy (non-hydrogen) atoms. The quantitative estimate of drug-likeness (QED) is 0.618. The average molecular weight is 224 g/mol. The smallest absolute Gasteiger partial charge is 0.303 e. The molecule has 0 aliphatic carbocycles. The molecule has 0 heterocycles. The average Bonchev–Trinajstić information content (AvgIpc) is 2.03. The van der Waals surface area contributed by atoms with Gasteiger partial charge in [-0.2, -0.15) is 12.7 Å². The monoisotopic (exact) mass is 224 g/mol. The number of carbonyl (C=O) groups is 1. The highest BCUT2D eigenvalue weighted by Crippen LogP contribution is 1.97. The molecule has 0 saturated heterocycles. The first-order chi connectivity index (χ1) is 6.40. The minimum absolute atomic E-state index is 0.0218. The van der Waals surface area contributed by atoms with Gasteiger partial charge in [-0.3, -0.25) is 4.79 Å². The summed E-state index contributed by atoms with van der Waals surface area (Å²) in [7, 11) is -2.00. The van der Waals surface area contributed by atoms with Crippen molar-refractivity contribution in [2.75, 3.05) is 20.1 Å². The molecule has 6 nitrogen and oxygen atoms in total. The molecule has 0 amide bonds. The Bertz CT molecular complexity index is 275. The second-order valence-corrected chi connectivity index (χ2v) is 4.68. The van der Waals surface area contributed by atoms with E-state index in [2.05, 4.69) is 4.72 Å². The van der Waals surface area contributed by atoms with Gasteiger partial charge in [-0.15, -0.1) is 0 Å². The molecule has 0 fully saturated rings. The Labute approximate surface area is 84.1 Å². The van der Waals surface area contributed by atoms with E-state index in [-0.39, 0.29) is 13.0 Å². The van der Waals surface area contributed by atoms with Gasteiger partial charge in [0.25, 0.3) is 10.2 Å². The number of nitrogens with one attached hydrogen (secondary N) is 1. The topological polar surface area (TPSA) is 86.7 Å². The summed E-state index contributed by atoms with van der Waals surface area (Å²) in [6.07, 6.45) is 0.294. The maximum Gasteiger partial charge on any atom is 0.303 e. The van der Waals surface area contributed by atoms with Gasteiger partial charge in [0.15, 0.2) is 0 Å². The van der Waals surface area contributed by atoms with Crippen molar-refractivity contribution in [3.8, 4) is 0 Å². The van der Waals surface area contributed by atoms with Crippen molar-refractivity contribution in [3.63, 3.8) is 0 Å². The van der Waals surface area contributed by atoms with E-state index in [4.69, 9.17) is 5.11 Å². The molecule has 2 N–H and O–H groups in total. The molecular weight excluding hydrogens is 208 g/mol. The Hall–Kier alpha value is -0.660. The number of carboxylic acids is 1. The first-order valence-electron chi connectivity index (χ1n) is 4.33. The molecule has 7 heteroatoms. The fourth-order valence-electron chi connectivity index (χ4n) is 0.866. The Morgan fingerprint density at radius 3 is 2.50 bits per heavy atom. The zero-order chi connectivity index (χ0) is 11.2. The van der Waals surface area contributed by atoms with Crippen LogP contribution in [0, 0.1) is 0 Å². The Kier molecular flexibility index (Phi) is 5.66. The molecular formula is C7H16N2O4S. The second-order valence-electron chi connectivity index (χ2n) is 2.82. The summed E-state index contributed by atoms with van der Waals surface area (Å²) in [6, 6.07) is 0. The highest BCUT2D eigenvalue weighted by Gasteiger charge is 2.15. The highest BCUT2D eigenvalue weighted by molar-refractivity contribution is 7.87. The van der Waals surface area contributed by atoms with Gasteiger partial charge in [0, 0.05) is 26.6 Å². The summed E-state index contributed by atoms with van der Waals surface area (Å²) < 4.78 is 26.0. The van der Waals surface area contributed by atoms with Crippen LogP contribution in [0.1, 0.15) is 19.8 Å². The van der Waals surface area contributed by atoms with Crippen LogP contribution in [0.25, 0.3) is 0 Å². The van der Waals surface area contributed by atoms with Gasteiger partial charge in [0.2, 0.25) is 0 Å². The van der Waals surface area contributed by atoms with Crippen molar-refractivity contribution >= 4 is 16.2 Å². The van der Waals surface area contributed by atoms with Crippen LogP contribution in [0.5, 0.6) is 0 Å². The van der Waals surface area contributed by atoms with Crippen LogP contribution >= 0.6 is 0 Å². The van der Waals surface area contributed by atoms with Crippen molar-refractivity contribution in [3.05, 3.63) is 0 Å². The zero-order valence-corrected chi connectivity index (χ0v) is 9.17. The van der Waals surface area contributed by atoms with Crippen molar-refractivity contribution in [2.45, 2.75) is 19.8 Å². The summed E-state index contributed by atoms with van der Waals surface area (Å²) in [5, 5.41) is 8.35. The van der Waals surface area contributed by atoms with Gasteiger partial charge in [-0.05, 0) is 6.42 Å². The maximum absolute atomic E-state index is 11.3. The summed E-state index contributed by atoms with van der Waals surface area (Å²) in [5.41, 5.74) is 0. The van der Waals surface area contributed by atoms with Crippen LogP contribution in [0.3, 0.4) is 0 Å². The molecule has 0 bridgehead atoms. The van der Waals surface area contributed by atoms with Crippen LogP contribution in [0.4, 0.5) is 0 Å². The molecule has 0 rings (SSSR count). The van der Waals surface area contributed by atoms with Crippen molar-refractivity contribution in [1.29, 1.82) is 0 Å². The summed E-state index contributed by atoms with van der Waals surface area (Å²) in [4.78, 5) is 10.2. The zero-order valence-electron chi connectivity index (χ0n) is 8.36. The van der Waals surface area contributed by atoms with E-state index in [0.29, 0.717) is 13.0 Å². The normalized spacial score (nSPS) is 11.9. The predicted octanol–water partition coefficient (Wildman–Crippen LogP) is -0.363. The molecule has 0 aromatic carbocycles. The number of nitrogens with zero attached hydrogens (tertiary/aromatic N) is 1. The molecule has 0 aromatic rings. The van der Waals surface area contributed by atoms with Gasteiger partial charge in [0.1, 0.15) is 0 Å². The van der Waals surface area contributed by atoms with E-state index in [1.54, 1.807) is 6.92 Å². The van der Waals surface area contributed by atoms with Gasteiger partial charge < -0.3 is 5.11 Å². The third kappa shape index (κ3) is 5.15. The minimum Gasteiger partial charge on any atom is -0.481 e. The lowest BCUT2D eigenvalue weighted by atomic mass is 10.3. The number of carboxylic acid groups (broad SMARTS) is 1. The molecule has 0 atom stereocenters. The van der Waals surface area contributed by atoms with E-state index in [9.17, 15) is 13.2 Å². The summed E-state index contributed by atoms with van der Waals surface area (Å²) in [6.45, 7) is 2.22. The van der Waals surface area contributed by atoms with Crippen molar-refractivity contribution < 1.29 is 18.3 Å². The first-order valence-corrected chi connectivity index (χ1v) is 5.77. The lowest BCUT2D eigenvalue weighted by Crippen LogP contribution is -2.38. The lowest BCUT2D eigenvalue weighted by Gasteiger charge is -2.16. The summed E-state index contributed by atoms with van der Waals surface area (Å²) in [5.74, 6) is -0.917. The van der Waals surface area contributed by atoms with E-state index in [1.807, 2.05) is 0 Å². The Morgan fingerprint density at radius 1 is 1.50 bits per heavy atom. The summed E-state index contributed by atoms with van der Waals surface area (Å²) >= 11 is 0. The molecule has 0 aliphatic heterocycles. The largest absolute Gasteiger partial charge is 0.481 e. The molecule has 0 aliphatic rings. The van der Waals surface area contributed by atoms with Crippen LogP contribution in [0.15, 0.2) is 0 Å². The van der Waals surface area contributed by atoms with Crippen molar-refractivity contribution in [1.82, 2.24) is 9.03 Å². The first kappa shape index (κ1) is 13.3. The van der Waals surface area contributed by atoms with E-state index in [1.165, 1.54) is 7.05 Å². The molecule has 0 spiro atoms. The molecule has 0 saturated carbocycles. The maximum atomic E-state index is 11.3. The number of hydrogen-bond acceptors (Lipinski definition) is 3. The molecule has 0 radical (unpaired) electrons. The number of rotatable bonds is 7. The third-order valence-electron chi connectivity index (χ3n) is 1.60. The third-order valence-corrected chi connectivity index (χ3v) is 3.26. The van der Waals surface area contributed by atoms with Crippen LogP contribution < -0.4 is 4.72 Å². The van der Waals surface area contributed by atoms with Crippen molar-refractivity contribution in [2.24, 2.45) is 0 Å². The van der Waals surface area contributed by atoms with Crippen LogP contribution in [-0.2, 0) is 15.0 Å². The van der Waals surface area contributed by atoms with Gasteiger partial charge in [-0.25, -0.2) is 4.72 Å². The molecule has 0 aromatic heterocycles. The van der Waals surface area contributed by atoms with Gasteiger partial charge >= 0.3 is 5.97 Å². The van der Waals surface area contributed by atoms with E-state index < -0.39 is 16.2 Å². The molecule has 84 valence electrons. The van der Waals surface area contributed by atoms with Crippen LogP contribution in [-0.4, -0.2) is 43.9 Å². The van der Waals surface area contributed by atoms with Crippen LogP contribution in [0.2, 0.25) is 0 Å². The van der Waals surface area contributed by atoms with Gasteiger partial charge in [0.05, 0.1) is 0 Å². The standard InChI is InChI=1S/C7H16N2O4S/c1-3-8-14(12,13)9(2)6-4-5-7(10)11/h8H,3-6H2,1-2H3,(H,10,11). The SMILES string of the molecule is CCNS(=O)(=O)N(C)CCCC(=O)O.